The van der Waals surface area contributed by atoms with Gasteiger partial charge in [-0.3, -0.25) is 9.67 Å². The number of halogens is 2. The van der Waals surface area contributed by atoms with E-state index in [0.717, 1.165) is 27.8 Å². The summed E-state index contributed by atoms with van der Waals surface area (Å²) in [6.07, 6.45) is 4.72. The average Bonchev–Trinajstić information content (AvgIpc) is 3.29. The van der Waals surface area contributed by atoms with Crippen molar-refractivity contribution in [3.05, 3.63) is 88.9 Å². The van der Waals surface area contributed by atoms with Crippen LogP contribution in [0.2, 0.25) is 0 Å². The SMILES string of the molecule is O=c1n(Cc2c(F)cccc2F)cnn1-c1ccc(-c2cn[nH]c2)cc1. The summed E-state index contributed by atoms with van der Waals surface area (Å²) in [6, 6.07) is 10.7. The topological polar surface area (TPSA) is 68.5 Å². The van der Waals surface area contributed by atoms with Crippen molar-refractivity contribution >= 4 is 0 Å². The highest BCUT2D eigenvalue weighted by molar-refractivity contribution is 5.62. The number of hydrogen-bond acceptors (Lipinski definition) is 3. The summed E-state index contributed by atoms with van der Waals surface area (Å²) in [6.45, 7) is -0.232. The van der Waals surface area contributed by atoms with Gasteiger partial charge in [-0.15, -0.1) is 0 Å². The normalized spacial score (nSPS) is 11.0. The van der Waals surface area contributed by atoms with Gasteiger partial charge >= 0.3 is 5.69 Å². The summed E-state index contributed by atoms with van der Waals surface area (Å²) in [7, 11) is 0. The molecule has 2 heterocycles. The van der Waals surface area contributed by atoms with E-state index in [0.29, 0.717) is 5.69 Å². The maximum atomic E-state index is 13.8. The largest absolute Gasteiger partial charge is 0.350 e. The van der Waals surface area contributed by atoms with E-state index >= 15 is 0 Å². The predicted molar refractivity (Wildman–Crippen MR) is 90.9 cm³/mol. The minimum atomic E-state index is -0.700. The monoisotopic (exact) mass is 353 g/mol. The van der Waals surface area contributed by atoms with Crippen molar-refractivity contribution in [3.8, 4) is 16.8 Å². The van der Waals surface area contributed by atoms with Crippen LogP contribution in [0.15, 0.2) is 66.0 Å². The van der Waals surface area contributed by atoms with Crippen molar-refractivity contribution in [3.63, 3.8) is 0 Å². The number of rotatable bonds is 4. The van der Waals surface area contributed by atoms with E-state index in [1.165, 1.54) is 17.1 Å². The van der Waals surface area contributed by atoms with Gasteiger partial charge in [0.2, 0.25) is 0 Å². The molecule has 0 aliphatic carbocycles. The second kappa shape index (κ2) is 6.40. The number of nitrogens with one attached hydrogen (secondary N) is 1. The number of aromatic nitrogens is 5. The Morgan fingerprint density at radius 3 is 2.38 bits per heavy atom. The van der Waals surface area contributed by atoms with Gasteiger partial charge in [-0.25, -0.2) is 13.6 Å². The quantitative estimate of drug-likeness (QED) is 0.613. The maximum Gasteiger partial charge on any atom is 0.350 e. The smallest absolute Gasteiger partial charge is 0.285 e. The number of H-pyrrole nitrogens is 1. The number of hydrogen-bond donors (Lipinski definition) is 1. The number of benzene rings is 2. The van der Waals surface area contributed by atoms with Crippen molar-refractivity contribution in [2.24, 2.45) is 0 Å². The molecule has 0 aliphatic heterocycles. The lowest BCUT2D eigenvalue weighted by Gasteiger charge is -2.05. The third-order valence-corrected chi connectivity index (χ3v) is 4.07. The standard InChI is InChI=1S/C18H13F2N5O/c19-16-2-1-3-17(20)15(16)10-24-11-23-25(18(24)26)14-6-4-12(5-7-14)13-8-21-22-9-13/h1-9,11H,10H2,(H,21,22). The van der Waals surface area contributed by atoms with Gasteiger partial charge in [0, 0.05) is 17.3 Å². The molecule has 0 aliphatic rings. The summed E-state index contributed by atoms with van der Waals surface area (Å²) >= 11 is 0. The first kappa shape index (κ1) is 15.9. The number of aromatic amines is 1. The van der Waals surface area contributed by atoms with Gasteiger partial charge in [0.05, 0.1) is 18.4 Å². The van der Waals surface area contributed by atoms with Crippen LogP contribution < -0.4 is 5.69 Å². The molecule has 0 atom stereocenters. The zero-order valence-corrected chi connectivity index (χ0v) is 13.4. The fraction of sp³-hybridized carbons (Fsp3) is 0.0556. The van der Waals surface area contributed by atoms with Gasteiger partial charge < -0.3 is 0 Å². The van der Waals surface area contributed by atoms with Crippen LogP contribution in [0.5, 0.6) is 0 Å². The molecule has 1 N–H and O–H groups in total. The van der Waals surface area contributed by atoms with Crippen LogP contribution in [0, 0.1) is 11.6 Å². The summed E-state index contributed by atoms with van der Waals surface area (Å²) in [4.78, 5) is 12.5. The van der Waals surface area contributed by atoms with Gasteiger partial charge in [-0.05, 0) is 29.8 Å². The minimum Gasteiger partial charge on any atom is -0.285 e. The highest BCUT2D eigenvalue weighted by Crippen LogP contribution is 2.19. The molecular formula is C18H13F2N5O. The van der Waals surface area contributed by atoms with E-state index in [1.807, 2.05) is 12.1 Å². The zero-order chi connectivity index (χ0) is 18.1. The lowest BCUT2D eigenvalue weighted by molar-refractivity contribution is 0.541. The van der Waals surface area contributed by atoms with E-state index < -0.39 is 17.3 Å². The third kappa shape index (κ3) is 2.81. The lowest BCUT2D eigenvalue weighted by Crippen LogP contribution is -2.24. The van der Waals surface area contributed by atoms with Crippen LogP contribution in [0.3, 0.4) is 0 Å². The third-order valence-electron chi connectivity index (χ3n) is 4.07. The first-order valence-electron chi connectivity index (χ1n) is 7.80. The van der Waals surface area contributed by atoms with Crippen molar-refractivity contribution < 1.29 is 8.78 Å². The molecule has 0 saturated carbocycles. The van der Waals surface area contributed by atoms with E-state index in [1.54, 1.807) is 24.5 Å². The second-order valence-electron chi connectivity index (χ2n) is 5.69. The van der Waals surface area contributed by atoms with Gasteiger partial charge in [-0.1, -0.05) is 18.2 Å². The number of nitrogens with zero attached hydrogens (tertiary/aromatic N) is 4. The molecule has 0 amide bonds. The first-order valence-corrected chi connectivity index (χ1v) is 7.80. The lowest BCUT2D eigenvalue weighted by atomic mass is 10.1. The van der Waals surface area contributed by atoms with Crippen LogP contribution in [-0.2, 0) is 6.54 Å². The van der Waals surface area contributed by atoms with Crippen LogP contribution in [0.25, 0.3) is 16.8 Å². The van der Waals surface area contributed by atoms with Crippen molar-refractivity contribution in [1.82, 2.24) is 24.5 Å². The fourth-order valence-electron chi connectivity index (χ4n) is 2.68. The molecule has 26 heavy (non-hydrogen) atoms. The summed E-state index contributed by atoms with van der Waals surface area (Å²) < 4.78 is 29.9. The van der Waals surface area contributed by atoms with Gasteiger partial charge in [-0.2, -0.15) is 14.9 Å². The molecule has 8 heteroatoms. The highest BCUT2D eigenvalue weighted by Gasteiger charge is 2.13. The van der Waals surface area contributed by atoms with Gasteiger partial charge in [0.25, 0.3) is 0 Å². The van der Waals surface area contributed by atoms with Crippen LogP contribution in [0.1, 0.15) is 5.56 Å². The Morgan fingerprint density at radius 1 is 1.00 bits per heavy atom. The van der Waals surface area contributed by atoms with Gasteiger partial charge in [0.1, 0.15) is 18.0 Å². The molecule has 0 bridgehead atoms. The Bertz CT molecular complexity index is 1080. The summed E-state index contributed by atoms with van der Waals surface area (Å²) in [5, 5.41) is 10.7. The Morgan fingerprint density at radius 2 is 1.73 bits per heavy atom. The molecule has 2 aromatic heterocycles. The Kier molecular flexibility index (Phi) is 3.92. The average molecular weight is 353 g/mol. The summed E-state index contributed by atoms with van der Waals surface area (Å²) in [5.74, 6) is -1.40. The molecule has 2 aromatic carbocycles. The minimum absolute atomic E-state index is 0.176. The molecule has 0 fully saturated rings. The molecule has 0 spiro atoms. The van der Waals surface area contributed by atoms with Crippen LogP contribution in [-0.4, -0.2) is 24.5 Å². The molecule has 130 valence electrons. The van der Waals surface area contributed by atoms with Crippen molar-refractivity contribution in [2.75, 3.05) is 0 Å². The molecule has 6 nitrogen and oxygen atoms in total. The van der Waals surface area contributed by atoms with E-state index in [2.05, 4.69) is 15.3 Å². The molecule has 0 radical (unpaired) electrons. The van der Waals surface area contributed by atoms with Crippen molar-refractivity contribution in [2.45, 2.75) is 6.54 Å². The van der Waals surface area contributed by atoms with E-state index in [4.69, 9.17) is 0 Å². The van der Waals surface area contributed by atoms with E-state index in [-0.39, 0.29) is 12.1 Å². The second-order valence-corrected chi connectivity index (χ2v) is 5.69. The first-order chi connectivity index (χ1) is 12.6. The molecule has 4 aromatic rings. The van der Waals surface area contributed by atoms with Crippen LogP contribution >= 0.6 is 0 Å². The Labute approximate surface area is 146 Å². The zero-order valence-electron chi connectivity index (χ0n) is 13.4. The Hall–Kier alpha value is -3.55. The van der Waals surface area contributed by atoms with Crippen LogP contribution in [0.4, 0.5) is 8.78 Å². The predicted octanol–water partition coefficient (Wildman–Crippen LogP) is 2.75. The molecule has 0 saturated heterocycles. The maximum absolute atomic E-state index is 13.8. The highest BCUT2D eigenvalue weighted by atomic mass is 19.1. The van der Waals surface area contributed by atoms with Crippen molar-refractivity contribution in [1.29, 1.82) is 0 Å². The fourth-order valence-corrected chi connectivity index (χ4v) is 2.68. The molecular weight excluding hydrogens is 340 g/mol. The van der Waals surface area contributed by atoms with Gasteiger partial charge in [0.15, 0.2) is 0 Å². The van der Waals surface area contributed by atoms with E-state index in [9.17, 15) is 13.6 Å². The molecule has 0 unspecified atom stereocenters. The summed E-state index contributed by atoms with van der Waals surface area (Å²) in [5.41, 5.74) is 1.75. The molecule has 4 rings (SSSR count). The Balaban J connectivity index is 1.64.